The van der Waals surface area contributed by atoms with Crippen LogP contribution in [0.25, 0.3) is 0 Å². The topological polar surface area (TPSA) is 22.1 Å². The number of ether oxygens (including phenoxy) is 1. The molecule has 0 aliphatic heterocycles. The lowest BCUT2D eigenvalue weighted by Crippen LogP contribution is -1.82. The number of aromatic nitrogens is 1. The van der Waals surface area contributed by atoms with Crippen molar-refractivity contribution in [2.45, 2.75) is 6.61 Å². The summed E-state index contributed by atoms with van der Waals surface area (Å²) in [6.45, 7) is 0.517. The van der Waals surface area contributed by atoms with Crippen LogP contribution < -0.4 is 0 Å². The summed E-state index contributed by atoms with van der Waals surface area (Å²) in [5.74, 6) is 0. The Labute approximate surface area is 52.3 Å². The number of nitrogens with zero attached hydrogens (tertiary/aromatic N) is 1. The lowest BCUT2D eigenvalue weighted by molar-refractivity contribution is 0.226. The molecule has 1 radical (unpaired) electrons. The van der Waals surface area contributed by atoms with Gasteiger partial charge in [-0.2, -0.15) is 4.37 Å². The van der Waals surface area contributed by atoms with Gasteiger partial charge in [0.05, 0.1) is 19.4 Å². The molecule has 1 heterocycles. The molecule has 1 rings (SSSR count). The van der Waals surface area contributed by atoms with Crippen molar-refractivity contribution >= 4 is 11.5 Å². The van der Waals surface area contributed by atoms with Crippen LogP contribution in [0, 0.1) is 7.11 Å². The molecule has 0 unspecified atom stereocenters. The molecule has 0 spiro atoms. The molecule has 2 nitrogen and oxygen atoms in total. The molecule has 0 N–H and O–H groups in total. The van der Waals surface area contributed by atoms with Crippen LogP contribution in [0.5, 0.6) is 0 Å². The van der Waals surface area contributed by atoms with Crippen LogP contribution in [0.3, 0.4) is 0 Å². The van der Waals surface area contributed by atoms with E-state index in [0.29, 0.717) is 6.61 Å². The SMILES string of the molecule is [CH2]OCc1ccsn1. The van der Waals surface area contributed by atoms with Gasteiger partial charge < -0.3 is 4.74 Å². The van der Waals surface area contributed by atoms with E-state index in [4.69, 9.17) is 0 Å². The molecule has 0 saturated heterocycles. The third-order valence-electron chi connectivity index (χ3n) is 0.741. The summed E-state index contributed by atoms with van der Waals surface area (Å²) >= 11 is 1.42. The van der Waals surface area contributed by atoms with E-state index in [0.717, 1.165) is 5.69 Å². The summed E-state index contributed by atoms with van der Waals surface area (Å²) in [7, 11) is 3.23. The molecule has 0 amide bonds. The van der Waals surface area contributed by atoms with Crippen LogP contribution in [0.1, 0.15) is 5.69 Å². The Morgan fingerprint density at radius 3 is 3.25 bits per heavy atom. The van der Waals surface area contributed by atoms with Crippen molar-refractivity contribution < 1.29 is 4.74 Å². The average Bonchev–Trinajstić information content (AvgIpc) is 2.19. The smallest absolute Gasteiger partial charge is 0.0899 e. The number of hydrogen-bond donors (Lipinski definition) is 0. The predicted octanol–water partition coefficient (Wildman–Crippen LogP) is 1.45. The first-order chi connectivity index (χ1) is 3.93. The molecule has 0 saturated carbocycles. The Balaban J connectivity index is 2.50. The molecule has 0 fully saturated rings. The van der Waals surface area contributed by atoms with Crippen molar-refractivity contribution in [2.24, 2.45) is 0 Å². The van der Waals surface area contributed by atoms with E-state index >= 15 is 0 Å². The van der Waals surface area contributed by atoms with Crippen LogP contribution >= 0.6 is 11.5 Å². The van der Waals surface area contributed by atoms with E-state index in [-0.39, 0.29) is 0 Å². The maximum absolute atomic E-state index is 4.58. The Kier molecular flexibility index (Phi) is 2.00. The fraction of sp³-hybridized carbons (Fsp3) is 0.200. The molecular weight excluding hydrogens is 122 g/mol. The molecule has 0 aliphatic rings. The molecule has 0 aromatic carbocycles. The lowest BCUT2D eigenvalue weighted by atomic mass is 10.5. The van der Waals surface area contributed by atoms with Gasteiger partial charge in [0.15, 0.2) is 0 Å². The highest BCUT2D eigenvalue weighted by Crippen LogP contribution is 1.99. The van der Waals surface area contributed by atoms with Crippen molar-refractivity contribution in [3.63, 3.8) is 0 Å². The third-order valence-corrected chi connectivity index (χ3v) is 1.34. The van der Waals surface area contributed by atoms with E-state index in [1.807, 2.05) is 11.4 Å². The second kappa shape index (κ2) is 2.79. The van der Waals surface area contributed by atoms with Crippen molar-refractivity contribution in [2.75, 3.05) is 0 Å². The van der Waals surface area contributed by atoms with Gasteiger partial charge in [-0.25, -0.2) is 0 Å². The standard InChI is InChI=1S/C5H6NOS/c1-7-4-5-2-3-8-6-5/h2-3H,1,4H2. The first kappa shape index (κ1) is 5.72. The van der Waals surface area contributed by atoms with E-state index in [9.17, 15) is 0 Å². The van der Waals surface area contributed by atoms with Crippen LogP contribution in [0.2, 0.25) is 0 Å². The van der Waals surface area contributed by atoms with Crippen LogP contribution in [-0.2, 0) is 11.3 Å². The summed E-state index contributed by atoms with van der Waals surface area (Å²) in [6, 6.07) is 1.91. The molecule has 43 valence electrons. The maximum Gasteiger partial charge on any atom is 0.0899 e. The highest BCUT2D eigenvalue weighted by atomic mass is 32.1. The minimum atomic E-state index is 0.517. The van der Waals surface area contributed by atoms with Gasteiger partial charge in [0.1, 0.15) is 0 Å². The van der Waals surface area contributed by atoms with Gasteiger partial charge in [-0.05, 0) is 17.6 Å². The fourth-order valence-corrected chi connectivity index (χ4v) is 0.944. The van der Waals surface area contributed by atoms with E-state index in [2.05, 4.69) is 16.2 Å². The van der Waals surface area contributed by atoms with E-state index in [1.165, 1.54) is 11.5 Å². The fourth-order valence-electron chi connectivity index (χ4n) is 0.417. The summed E-state index contributed by atoms with van der Waals surface area (Å²) in [6.07, 6.45) is 0. The zero-order valence-corrected chi connectivity index (χ0v) is 5.15. The maximum atomic E-state index is 4.58. The monoisotopic (exact) mass is 128 g/mol. The van der Waals surface area contributed by atoms with Gasteiger partial charge >= 0.3 is 0 Å². The Hall–Kier alpha value is -0.410. The summed E-state index contributed by atoms with van der Waals surface area (Å²) < 4.78 is 8.56. The third kappa shape index (κ3) is 1.28. The van der Waals surface area contributed by atoms with Gasteiger partial charge in [0.25, 0.3) is 0 Å². The minimum Gasteiger partial charge on any atom is -0.373 e. The molecule has 8 heavy (non-hydrogen) atoms. The molecule has 3 heteroatoms. The zero-order valence-electron chi connectivity index (χ0n) is 4.33. The van der Waals surface area contributed by atoms with E-state index in [1.54, 1.807) is 0 Å². The van der Waals surface area contributed by atoms with Crippen LogP contribution in [-0.4, -0.2) is 4.37 Å². The summed E-state index contributed by atoms with van der Waals surface area (Å²) in [5, 5.41) is 1.91. The molecule has 1 aromatic heterocycles. The Bertz CT molecular complexity index is 138. The first-order valence-electron chi connectivity index (χ1n) is 2.19. The quantitative estimate of drug-likeness (QED) is 0.601. The largest absolute Gasteiger partial charge is 0.373 e. The Morgan fingerprint density at radius 2 is 2.75 bits per heavy atom. The Morgan fingerprint density at radius 1 is 1.88 bits per heavy atom. The van der Waals surface area contributed by atoms with E-state index < -0.39 is 0 Å². The van der Waals surface area contributed by atoms with Crippen molar-refractivity contribution in [1.29, 1.82) is 0 Å². The highest BCUT2D eigenvalue weighted by Gasteiger charge is 1.89. The van der Waals surface area contributed by atoms with Crippen LogP contribution in [0.4, 0.5) is 0 Å². The van der Waals surface area contributed by atoms with Crippen molar-refractivity contribution in [3.05, 3.63) is 24.3 Å². The molecule has 0 aliphatic carbocycles. The average molecular weight is 128 g/mol. The highest BCUT2D eigenvalue weighted by molar-refractivity contribution is 7.03. The molecule has 0 bridgehead atoms. The lowest BCUT2D eigenvalue weighted by Gasteiger charge is -1.87. The van der Waals surface area contributed by atoms with Crippen LogP contribution in [0.15, 0.2) is 11.4 Å². The summed E-state index contributed by atoms with van der Waals surface area (Å²) in [5.41, 5.74) is 0.949. The van der Waals surface area contributed by atoms with Gasteiger partial charge in [-0.1, -0.05) is 0 Å². The first-order valence-corrected chi connectivity index (χ1v) is 3.03. The molecule has 0 atom stereocenters. The second-order valence-corrected chi connectivity index (χ2v) is 2.00. The van der Waals surface area contributed by atoms with Crippen molar-refractivity contribution in [3.8, 4) is 0 Å². The number of rotatable bonds is 2. The van der Waals surface area contributed by atoms with Gasteiger partial charge in [-0.15, -0.1) is 0 Å². The van der Waals surface area contributed by atoms with Gasteiger partial charge in [0, 0.05) is 5.38 Å². The number of hydrogen-bond acceptors (Lipinski definition) is 3. The van der Waals surface area contributed by atoms with Gasteiger partial charge in [-0.3, -0.25) is 0 Å². The minimum absolute atomic E-state index is 0.517. The molecule has 1 aromatic rings. The summed E-state index contributed by atoms with van der Waals surface area (Å²) in [4.78, 5) is 0. The predicted molar refractivity (Wildman–Crippen MR) is 32.3 cm³/mol. The van der Waals surface area contributed by atoms with Crippen molar-refractivity contribution in [1.82, 2.24) is 4.37 Å². The molecular formula is C5H6NOS. The second-order valence-electron chi connectivity index (χ2n) is 1.34. The normalized spacial score (nSPS) is 9.62. The zero-order chi connectivity index (χ0) is 5.82. The van der Waals surface area contributed by atoms with Gasteiger partial charge in [0.2, 0.25) is 0 Å².